The van der Waals surface area contributed by atoms with Crippen molar-refractivity contribution in [3.63, 3.8) is 0 Å². The van der Waals surface area contributed by atoms with Crippen LogP contribution in [0.2, 0.25) is 0 Å². The van der Waals surface area contributed by atoms with Gasteiger partial charge in [-0.1, -0.05) is 138 Å². The summed E-state index contributed by atoms with van der Waals surface area (Å²) in [6.07, 6.45) is 1.76. The summed E-state index contributed by atoms with van der Waals surface area (Å²) in [6, 6.07) is 31.0. The van der Waals surface area contributed by atoms with Gasteiger partial charge in [-0.15, -0.1) is 0 Å². The van der Waals surface area contributed by atoms with Crippen LogP contribution in [-0.4, -0.2) is 55.9 Å². The van der Waals surface area contributed by atoms with Crippen LogP contribution < -0.4 is 0 Å². The van der Waals surface area contributed by atoms with Crippen molar-refractivity contribution in [2.45, 2.75) is 78.1 Å². The van der Waals surface area contributed by atoms with Gasteiger partial charge in [0.25, 0.3) is 11.8 Å². The van der Waals surface area contributed by atoms with Gasteiger partial charge in [0.2, 0.25) is 0 Å². The van der Waals surface area contributed by atoms with Gasteiger partial charge in [0.05, 0.1) is 24.6 Å². The summed E-state index contributed by atoms with van der Waals surface area (Å²) >= 11 is 0. The Hall–Kier alpha value is -4.87. The van der Waals surface area contributed by atoms with Crippen molar-refractivity contribution >= 4 is 24.7 Å². The molecule has 0 bridgehead atoms. The van der Waals surface area contributed by atoms with Crippen molar-refractivity contribution < 1.29 is 35.7 Å². The first-order valence-corrected chi connectivity index (χ1v) is 19.3. The van der Waals surface area contributed by atoms with Gasteiger partial charge < -0.3 is 13.8 Å². The molecule has 0 amide bonds. The Morgan fingerprint density at radius 2 is 1.14 bits per heavy atom. The zero-order chi connectivity index (χ0) is 42.2. The van der Waals surface area contributed by atoms with Crippen LogP contribution in [0.4, 0.5) is 26.3 Å². The van der Waals surface area contributed by atoms with E-state index in [1.807, 2.05) is 105 Å². The molecule has 1 aromatic heterocycles. The first-order chi connectivity index (χ1) is 27.2. The molecule has 0 N–H and O–H groups in total. The van der Waals surface area contributed by atoms with Crippen molar-refractivity contribution in [1.29, 1.82) is 0 Å². The minimum absolute atomic E-state index is 0.169. The molecule has 0 radical (unpaired) electrons. The lowest BCUT2D eigenvalue weighted by atomic mass is 9.86. The summed E-state index contributed by atoms with van der Waals surface area (Å²) in [7, 11) is -1.99. The van der Waals surface area contributed by atoms with E-state index < -0.39 is 45.7 Å². The van der Waals surface area contributed by atoms with Crippen LogP contribution >= 0.6 is 0 Å². The Labute approximate surface area is 337 Å². The molecule has 11 heteroatoms. The number of halogens is 6. The summed E-state index contributed by atoms with van der Waals surface area (Å²) in [4.78, 5) is 5.15. The van der Waals surface area contributed by atoms with E-state index in [-0.39, 0.29) is 10.8 Å². The van der Waals surface area contributed by atoms with Gasteiger partial charge in [0.1, 0.15) is 0 Å². The lowest BCUT2D eigenvalue weighted by Crippen LogP contribution is -2.42. The molecule has 0 fully saturated rings. The van der Waals surface area contributed by atoms with Gasteiger partial charge in [-0.05, 0) is 64.6 Å². The van der Waals surface area contributed by atoms with Crippen LogP contribution in [0.25, 0.3) is 34.2 Å². The zero-order valence-corrected chi connectivity index (χ0v) is 34.2. The third kappa shape index (κ3) is 9.37. The lowest BCUT2D eigenvalue weighted by Gasteiger charge is -2.24. The van der Waals surface area contributed by atoms with Crippen LogP contribution in [0, 0.1) is 13.8 Å². The molecule has 58 heavy (non-hydrogen) atoms. The Bertz CT molecular complexity index is 2300. The van der Waals surface area contributed by atoms with Crippen LogP contribution in [0.3, 0.4) is 0 Å². The Balaban J connectivity index is 1.68. The van der Waals surface area contributed by atoms with Crippen molar-refractivity contribution in [3.8, 4) is 22.4 Å². The fraction of sp³-hybridized carbons (Fsp3) is 0.340. The molecular formula is C47H49BF6N2O2. The summed E-state index contributed by atoms with van der Waals surface area (Å²) in [5, 5.41) is 0. The van der Waals surface area contributed by atoms with Crippen molar-refractivity contribution in [3.05, 3.63) is 142 Å². The van der Waals surface area contributed by atoms with E-state index >= 15 is 0 Å². The number of alkyl halides is 6. The molecule has 0 aliphatic carbocycles. The summed E-state index contributed by atoms with van der Waals surface area (Å²) in [5.41, 5.74) is 10.2. The maximum absolute atomic E-state index is 14.6. The van der Waals surface area contributed by atoms with E-state index in [9.17, 15) is 26.3 Å². The summed E-state index contributed by atoms with van der Waals surface area (Å²) < 4.78 is 98.1. The summed E-state index contributed by atoms with van der Waals surface area (Å²) in [5.74, 6) is -7.93. The highest BCUT2D eigenvalue weighted by Gasteiger charge is 2.40. The van der Waals surface area contributed by atoms with Crippen LogP contribution in [-0.2, 0) is 20.1 Å². The number of rotatable bonds is 13. The maximum atomic E-state index is 14.6. The van der Waals surface area contributed by atoms with Crippen molar-refractivity contribution in [2.75, 3.05) is 26.6 Å². The SMILES string of the molecule is Cc1ccc(C2=N/C(=C\c3c(-c4ccc(C(C)(C)C)cc4)cc(-c4ccc(C(C)(C)C)cc4)n3B(OCC(F)(F)CF)OCC(F)(F)CF)c3ccccc32)c(C)c1. The second kappa shape index (κ2) is 16.4. The Morgan fingerprint density at radius 3 is 1.64 bits per heavy atom. The highest BCUT2D eigenvalue weighted by atomic mass is 19.3. The van der Waals surface area contributed by atoms with E-state index in [0.717, 1.165) is 50.2 Å². The third-order valence-electron chi connectivity index (χ3n) is 10.3. The van der Waals surface area contributed by atoms with Crippen LogP contribution in [0.15, 0.2) is 102 Å². The minimum atomic E-state index is -3.97. The molecule has 0 atom stereocenters. The second-order valence-electron chi connectivity index (χ2n) is 17.1. The number of hydrogen-bond acceptors (Lipinski definition) is 3. The van der Waals surface area contributed by atoms with E-state index in [1.54, 1.807) is 6.08 Å². The molecule has 0 spiro atoms. The van der Waals surface area contributed by atoms with Gasteiger partial charge in [-0.3, -0.25) is 0 Å². The lowest BCUT2D eigenvalue weighted by molar-refractivity contribution is -0.0824. The van der Waals surface area contributed by atoms with E-state index in [2.05, 4.69) is 47.6 Å². The molecule has 0 saturated heterocycles. The average molecular weight is 799 g/mol. The average Bonchev–Trinajstić information content (AvgIpc) is 3.73. The number of aryl methyl sites for hydroxylation is 2. The molecular weight excluding hydrogens is 749 g/mol. The maximum Gasteiger partial charge on any atom is 0.598 e. The topological polar surface area (TPSA) is 35.8 Å². The number of hydrogen-bond donors (Lipinski definition) is 0. The molecule has 5 aromatic rings. The fourth-order valence-corrected chi connectivity index (χ4v) is 7.00. The van der Waals surface area contributed by atoms with E-state index in [4.69, 9.17) is 14.3 Å². The number of aliphatic imine (C=N–C) groups is 1. The van der Waals surface area contributed by atoms with E-state index in [1.165, 1.54) is 4.48 Å². The Kier molecular flexibility index (Phi) is 12.1. The monoisotopic (exact) mass is 798 g/mol. The number of aromatic nitrogens is 1. The highest BCUT2D eigenvalue weighted by molar-refractivity contribution is 6.44. The highest BCUT2D eigenvalue weighted by Crippen LogP contribution is 2.41. The first kappa shape index (κ1) is 42.7. The molecule has 4 aromatic carbocycles. The molecule has 1 aliphatic heterocycles. The van der Waals surface area contributed by atoms with Crippen molar-refractivity contribution in [2.24, 2.45) is 4.99 Å². The number of nitrogens with zero attached hydrogens (tertiary/aromatic N) is 2. The Morgan fingerprint density at radius 1 is 0.621 bits per heavy atom. The predicted molar refractivity (Wildman–Crippen MR) is 223 cm³/mol. The van der Waals surface area contributed by atoms with E-state index in [0.29, 0.717) is 28.2 Å². The smallest absolute Gasteiger partial charge is 0.385 e. The first-order valence-electron chi connectivity index (χ1n) is 19.3. The van der Waals surface area contributed by atoms with Crippen LogP contribution in [0.5, 0.6) is 0 Å². The molecule has 6 rings (SSSR count). The molecule has 2 heterocycles. The molecule has 1 aliphatic rings. The van der Waals surface area contributed by atoms with Gasteiger partial charge in [-0.2, -0.15) is 0 Å². The molecule has 0 saturated carbocycles. The standard InChI is InChI=1S/C47H49BF6N2O2/c1-30-13-22-36(31(2)23-30)43-38-12-10-9-11-37(38)40(55-43)25-42-39(32-14-18-34(19-15-32)44(3,4)5)24-41(33-16-20-35(21-17-33)45(6,7)8)56(42)48(57-28-46(51,52)26-49)58-29-47(53,54)27-50/h9-25H,26-29H2,1-8H3/b40-25-. The molecule has 304 valence electrons. The predicted octanol–water partition coefficient (Wildman–Crippen LogP) is 12.5. The molecule has 4 nitrogen and oxygen atoms in total. The minimum Gasteiger partial charge on any atom is -0.385 e. The third-order valence-corrected chi connectivity index (χ3v) is 10.3. The van der Waals surface area contributed by atoms with Gasteiger partial charge >= 0.3 is 7.25 Å². The van der Waals surface area contributed by atoms with Gasteiger partial charge in [0, 0.05) is 33.6 Å². The second-order valence-corrected chi connectivity index (χ2v) is 17.1. The largest absolute Gasteiger partial charge is 0.598 e. The van der Waals surface area contributed by atoms with Gasteiger partial charge in [0.15, 0.2) is 13.3 Å². The van der Waals surface area contributed by atoms with Crippen molar-refractivity contribution in [1.82, 2.24) is 4.48 Å². The van der Waals surface area contributed by atoms with Crippen LogP contribution in [0.1, 0.15) is 86.2 Å². The number of benzene rings is 4. The normalized spacial score (nSPS) is 14.2. The number of fused-ring (bicyclic) bond motifs is 1. The summed E-state index contributed by atoms with van der Waals surface area (Å²) in [6.45, 7) is 9.39. The fourth-order valence-electron chi connectivity index (χ4n) is 7.00. The molecule has 0 unspecified atom stereocenters. The van der Waals surface area contributed by atoms with Gasteiger partial charge in [-0.25, -0.2) is 31.3 Å². The quantitative estimate of drug-likeness (QED) is 0.0879. The zero-order valence-electron chi connectivity index (χ0n) is 34.2.